The number of aliphatic carboxylic acids is 1. The molecule has 0 saturated heterocycles. The highest BCUT2D eigenvalue weighted by Crippen LogP contribution is 2.44. The van der Waals surface area contributed by atoms with Crippen LogP contribution < -0.4 is 10.6 Å². The first kappa shape index (κ1) is 22.3. The highest BCUT2D eigenvalue weighted by atomic mass is 16.5. The van der Waals surface area contributed by atoms with Gasteiger partial charge in [0.15, 0.2) is 0 Å². The molecule has 0 saturated carbocycles. The lowest BCUT2D eigenvalue weighted by Gasteiger charge is -2.14. The van der Waals surface area contributed by atoms with Crippen molar-refractivity contribution < 1.29 is 24.2 Å². The predicted octanol–water partition coefficient (Wildman–Crippen LogP) is 3.53. The van der Waals surface area contributed by atoms with Crippen LogP contribution in [-0.4, -0.2) is 42.8 Å². The summed E-state index contributed by atoms with van der Waals surface area (Å²) in [6.45, 7) is 2.65. The van der Waals surface area contributed by atoms with Gasteiger partial charge in [-0.05, 0) is 34.6 Å². The summed E-state index contributed by atoms with van der Waals surface area (Å²) < 4.78 is 5.43. The van der Waals surface area contributed by atoms with Gasteiger partial charge in [-0.25, -0.2) is 4.79 Å². The van der Waals surface area contributed by atoms with Gasteiger partial charge in [-0.15, -0.1) is 0 Å². The van der Waals surface area contributed by atoms with Crippen molar-refractivity contribution in [3.05, 3.63) is 59.7 Å². The lowest BCUT2D eigenvalue weighted by Crippen LogP contribution is -2.32. The third kappa shape index (κ3) is 6.07. The van der Waals surface area contributed by atoms with Crippen LogP contribution in [0.25, 0.3) is 11.1 Å². The van der Waals surface area contributed by atoms with E-state index >= 15 is 0 Å². The minimum Gasteiger partial charge on any atom is -0.481 e. The van der Waals surface area contributed by atoms with E-state index in [9.17, 15) is 14.4 Å². The molecule has 1 aliphatic rings. The monoisotopic (exact) mass is 424 g/mol. The van der Waals surface area contributed by atoms with E-state index in [2.05, 4.69) is 34.9 Å². The molecule has 1 atom stereocenters. The molecule has 0 aromatic heterocycles. The summed E-state index contributed by atoms with van der Waals surface area (Å²) in [5, 5.41) is 14.1. The summed E-state index contributed by atoms with van der Waals surface area (Å²) in [6.07, 6.45) is 0.263. The van der Waals surface area contributed by atoms with Crippen LogP contribution in [-0.2, 0) is 14.3 Å². The second-order valence-electron chi connectivity index (χ2n) is 7.84. The van der Waals surface area contributed by atoms with Crippen LogP contribution in [0.15, 0.2) is 48.5 Å². The van der Waals surface area contributed by atoms with Gasteiger partial charge in [0.1, 0.15) is 6.61 Å². The van der Waals surface area contributed by atoms with Crippen molar-refractivity contribution in [3.63, 3.8) is 0 Å². The van der Waals surface area contributed by atoms with E-state index in [4.69, 9.17) is 9.84 Å². The Labute approximate surface area is 181 Å². The number of hydrogen-bond acceptors (Lipinski definition) is 4. The summed E-state index contributed by atoms with van der Waals surface area (Å²) in [5.74, 6) is -1.04. The molecular weight excluding hydrogens is 396 g/mol. The largest absolute Gasteiger partial charge is 0.481 e. The van der Waals surface area contributed by atoms with Gasteiger partial charge in [0.25, 0.3) is 0 Å². The number of carbonyl (C=O) groups excluding carboxylic acids is 2. The molecule has 1 aliphatic carbocycles. The zero-order valence-electron chi connectivity index (χ0n) is 17.6. The van der Waals surface area contributed by atoms with Gasteiger partial charge in [-0.2, -0.15) is 0 Å². The molecular formula is C24H28N2O5. The minimum atomic E-state index is -0.842. The highest BCUT2D eigenvalue weighted by molar-refractivity contribution is 5.79. The van der Waals surface area contributed by atoms with Crippen molar-refractivity contribution in [1.82, 2.24) is 10.6 Å². The van der Waals surface area contributed by atoms with Crippen LogP contribution in [0.5, 0.6) is 0 Å². The maximum Gasteiger partial charge on any atom is 0.407 e. The van der Waals surface area contributed by atoms with E-state index in [1.54, 1.807) is 0 Å². The Morgan fingerprint density at radius 2 is 1.58 bits per heavy atom. The van der Waals surface area contributed by atoms with Gasteiger partial charge in [-0.1, -0.05) is 55.5 Å². The molecule has 7 nitrogen and oxygen atoms in total. The number of fused-ring (bicyclic) bond motifs is 3. The number of ether oxygens (including phenoxy) is 1. The van der Waals surface area contributed by atoms with E-state index in [0.29, 0.717) is 13.0 Å². The molecule has 0 spiro atoms. The van der Waals surface area contributed by atoms with Crippen LogP contribution in [0.3, 0.4) is 0 Å². The van der Waals surface area contributed by atoms with Crippen molar-refractivity contribution in [2.75, 3.05) is 19.7 Å². The molecule has 2 aromatic carbocycles. The Balaban J connectivity index is 1.38. The Kier molecular flexibility index (Phi) is 7.65. The number of nitrogens with one attached hydrogen (secondary N) is 2. The van der Waals surface area contributed by atoms with Gasteiger partial charge >= 0.3 is 12.1 Å². The number of alkyl carbamates (subject to hydrolysis) is 1. The fourth-order valence-electron chi connectivity index (χ4n) is 3.87. The molecule has 2 amide bonds. The van der Waals surface area contributed by atoms with Crippen LogP contribution in [0.4, 0.5) is 4.79 Å². The summed E-state index contributed by atoms with van der Waals surface area (Å²) in [5.41, 5.74) is 4.63. The van der Waals surface area contributed by atoms with Gasteiger partial charge in [0, 0.05) is 31.8 Å². The Morgan fingerprint density at radius 1 is 0.968 bits per heavy atom. The quantitative estimate of drug-likeness (QED) is 0.541. The molecule has 0 fully saturated rings. The zero-order valence-corrected chi connectivity index (χ0v) is 17.6. The number of amides is 2. The first-order chi connectivity index (χ1) is 15.0. The van der Waals surface area contributed by atoms with Gasteiger partial charge in [-0.3, -0.25) is 9.59 Å². The van der Waals surface area contributed by atoms with E-state index in [0.717, 1.165) is 11.1 Å². The van der Waals surface area contributed by atoms with Crippen LogP contribution in [0.1, 0.15) is 43.2 Å². The Hall–Kier alpha value is -3.35. The van der Waals surface area contributed by atoms with Crippen molar-refractivity contribution in [1.29, 1.82) is 0 Å². The van der Waals surface area contributed by atoms with Gasteiger partial charge in [0.2, 0.25) is 5.91 Å². The molecule has 2 aromatic rings. The summed E-state index contributed by atoms with van der Waals surface area (Å²) in [6, 6.07) is 16.3. The zero-order chi connectivity index (χ0) is 22.2. The number of rotatable bonds is 10. The van der Waals surface area contributed by atoms with Crippen molar-refractivity contribution in [3.8, 4) is 11.1 Å². The molecule has 0 radical (unpaired) electrons. The minimum absolute atomic E-state index is 0.00301. The van der Waals surface area contributed by atoms with Crippen molar-refractivity contribution >= 4 is 18.0 Å². The topological polar surface area (TPSA) is 105 Å². The number of benzene rings is 2. The summed E-state index contributed by atoms with van der Waals surface area (Å²) in [7, 11) is 0. The number of hydrogen-bond donors (Lipinski definition) is 3. The van der Waals surface area contributed by atoms with Crippen LogP contribution in [0, 0.1) is 5.92 Å². The molecule has 7 heteroatoms. The average molecular weight is 424 g/mol. The maximum atomic E-state index is 12.1. The molecule has 3 rings (SSSR count). The number of carbonyl (C=O) groups is 3. The first-order valence-electron chi connectivity index (χ1n) is 10.5. The molecule has 0 bridgehead atoms. The van der Waals surface area contributed by atoms with Gasteiger partial charge < -0.3 is 20.5 Å². The second-order valence-corrected chi connectivity index (χ2v) is 7.84. The fraction of sp³-hybridized carbons (Fsp3) is 0.375. The SMILES string of the molecule is CC(CCNC(=O)CCNC(=O)OCC1c2ccccc2-c2ccccc21)CC(=O)O. The first-order valence-corrected chi connectivity index (χ1v) is 10.5. The van der Waals surface area contributed by atoms with Crippen molar-refractivity contribution in [2.45, 2.75) is 32.1 Å². The summed E-state index contributed by atoms with van der Waals surface area (Å²) >= 11 is 0. The molecule has 164 valence electrons. The summed E-state index contributed by atoms with van der Waals surface area (Å²) in [4.78, 5) is 34.6. The van der Waals surface area contributed by atoms with E-state index in [-0.39, 0.29) is 43.7 Å². The van der Waals surface area contributed by atoms with Crippen LogP contribution >= 0.6 is 0 Å². The predicted molar refractivity (Wildman–Crippen MR) is 117 cm³/mol. The number of carboxylic acids is 1. The normalized spacial score (nSPS) is 13.1. The molecule has 31 heavy (non-hydrogen) atoms. The second kappa shape index (κ2) is 10.6. The van der Waals surface area contributed by atoms with Crippen LogP contribution in [0.2, 0.25) is 0 Å². The van der Waals surface area contributed by atoms with E-state index in [1.807, 2.05) is 31.2 Å². The fourth-order valence-corrected chi connectivity index (χ4v) is 3.87. The maximum absolute atomic E-state index is 12.1. The third-order valence-electron chi connectivity index (χ3n) is 5.45. The van der Waals surface area contributed by atoms with Crippen molar-refractivity contribution in [2.24, 2.45) is 5.92 Å². The molecule has 0 aliphatic heterocycles. The number of carboxylic acid groups (broad SMARTS) is 1. The lowest BCUT2D eigenvalue weighted by molar-refractivity contribution is -0.138. The highest BCUT2D eigenvalue weighted by Gasteiger charge is 2.28. The Morgan fingerprint density at radius 3 is 2.19 bits per heavy atom. The smallest absolute Gasteiger partial charge is 0.407 e. The van der Waals surface area contributed by atoms with Gasteiger partial charge in [0.05, 0.1) is 0 Å². The molecule has 3 N–H and O–H groups in total. The molecule has 1 unspecified atom stereocenters. The third-order valence-corrected chi connectivity index (χ3v) is 5.45. The Bertz CT molecular complexity index is 898. The molecule has 0 heterocycles. The van der Waals surface area contributed by atoms with E-state index < -0.39 is 12.1 Å². The lowest BCUT2D eigenvalue weighted by atomic mass is 9.98. The standard InChI is InChI=1S/C24H28N2O5/c1-16(14-23(28)29)10-12-25-22(27)11-13-26-24(30)31-15-21-19-8-4-2-6-17(19)18-7-3-5-9-20(18)21/h2-9,16,21H,10-15H2,1H3,(H,25,27)(H,26,30)(H,28,29). The average Bonchev–Trinajstić information content (AvgIpc) is 3.05. The van der Waals surface area contributed by atoms with E-state index in [1.165, 1.54) is 11.1 Å².